The Hall–Kier alpha value is -2.04. The van der Waals surface area contributed by atoms with Crippen molar-refractivity contribution in [2.24, 2.45) is 5.92 Å². The lowest BCUT2D eigenvalue weighted by molar-refractivity contribution is -0.141. The number of nitrogens with one attached hydrogen (secondary N) is 1. The van der Waals surface area contributed by atoms with Crippen LogP contribution in [-0.4, -0.2) is 30.1 Å². The van der Waals surface area contributed by atoms with Crippen LogP contribution in [0.15, 0.2) is 18.2 Å². The molecule has 1 saturated carbocycles. The monoisotopic (exact) mass is 291 g/mol. The first-order valence-electron chi connectivity index (χ1n) is 7.15. The maximum absolute atomic E-state index is 12.1. The van der Waals surface area contributed by atoms with Crippen LogP contribution in [0.25, 0.3) is 0 Å². The molecular weight excluding hydrogens is 270 g/mol. The highest BCUT2D eigenvalue weighted by Crippen LogP contribution is 2.26. The van der Waals surface area contributed by atoms with E-state index in [1.807, 2.05) is 25.1 Å². The largest absolute Gasteiger partial charge is 0.496 e. The van der Waals surface area contributed by atoms with Gasteiger partial charge in [0.2, 0.25) is 5.91 Å². The number of hydrogen-bond acceptors (Lipinski definition) is 3. The van der Waals surface area contributed by atoms with Crippen LogP contribution in [0, 0.1) is 12.8 Å². The maximum Gasteiger partial charge on any atom is 0.306 e. The second-order valence-corrected chi connectivity index (χ2v) is 5.60. The number of carbonyl (C=O) groups excluding carboxylic acids is 1. The van der Waals surface area contributed by atoms with Gasteiger partial charge in [-0.05, 0) is 32.3 Å². The standard InChI is InChI=1S/C16H21NO4/c1-10-3-6-14(21-2)12(7-10)9-15(18)17-13-5-4-11(8-13)16(19)20/h3,6-7,11,13H,4-5,8-9H2,1-2H3,(H,17,18)(H,19,20). The number of benzene rings is 1. The van der Waals surface area contributed by atoms with Gasteiger partial charge in [0, 0.05) is 11.6 Å². The first-order chi connectivity index (χ1) is 9.99. The highest BCUT2D eigenvalue weighted by molar-refractivity contribution is 5.80. The van der Waals surface area contributed by atoms with Gasteiger partial charge in [-0.1, -0.05) is 17.7 Å². The summed E-state index contributed by atoms with van der Waals surface area (Å²) in [6.07, 6.45) is 2.13. The number of carboxylic acid groups (broad SMARTS) is 1. The van der Waals surface area contributed by atoms with Gasteiger partial charge < -0.3 is 15.2 Å². The molecule has 114 valence electrons. The smallest absolute Gasteiger partial charge is 0.306 e. The molecule has 1 aromatic carbocycles. The number of amides is 1. The van der Waals surface area contributed by atoms with Crippen molar-refractivity contribution in [3.8, 4) is 5.75 Å². The summed E-state index contributed by atoms with van der Waals surface area (Å²) in [6, 6.07) is 5.70. The summed E-state index contributed by atoms with van der Waals surface area (Å²) in [5.41, 5.74) is 1.92. The Morgan fingerprint density at radius 1 is 1.38 bits per heavy atom. The molecule has 0 bridgehead atoms. The van der Waals surface area contributed by atoms with Crippen molar-refractivity contribution in [3.63, 3.8) is 0 Å². The molecule has 0 heterocycles. The summed E-state index contributed by atoms with van der Waals surface area (Å²) < 4.78 is 5.26. The van der Waals surface area contributed by atoms with Crippen molar-refractivity contribution < 1.29 is 19.4 Å². The van der Waals surface area contributed by atoms with Gasteiger partial charge >= 0.3 is 5.97 Å². The fourth-order valence-electron chi connectivity index (χ4n) is 2.83. The zero-order valence-electron chi connectivity index (χ0n) is 12.4. The molecule has 0 aromatic heterocycles. The molecule has 1 aromatic rings. The van der Waals surface area contributed by atoms with E-state index in [0.29, 0.717) is 18.6 Å². The molecule has 5 nitrogen and oxygen atoms in total. The fraction of sp³-hybridized carbons (Fsp3) is 0.500. The predicted octanol–water partition coefficient (Wildman–Crippen LogP) is 1.92. The van der Waals surface area contributed by atoms with Crippen molar-refractivity contribution in [2.45, 2.75) is 38.6 Å². The number of rotatable bonds is 5. The van der Waals surface area contributed by atoms with E-state index in [-0.39, 0.29) is 24.3 Å². The Labute approximate surface area is 124 Å². The Kier molecular flexibility index (Phi) is 4.83. The van der Waals surface area contributed by atoms with E-state index in [1.165, 1.54) is 0 Å². The summed E-state index contributed by atoms with van der Waals surface area (Å²) in [5.74, 6) is -0.489. The van der Waals surface area contributed by atoms with Crippen LogP contribution in [0.4, 0.5) is 0 Å². The molecule has 0 radical (unpaired) electrons. The molecule has 1 amide bonds. The zero-order valence-corrected chi connectivity index (χ0v) is 12.4. The minimum Gasteiger partial charge on any atom is -0.496 e. The molecule has 0 aliphatic heterocycles. The van der Waals surface area contributed by atoms with Crippen molar-refractivity contribution in [3.05, 3.63) is 29.3 Å². The zero-order chi connectivity index (χ0) is 15.4. The lowest BCUT2D eigenvalue weighted by Gasteiger charge is -2.14. The number of ether oxygens (including phenoxy) is 1. The van der Waals surface area contributed by atoms with E-state index in [0.717, 1.165) is 17.5 Å². The van der Waals surface area contributed by atoms with E-state index in [4.69, 9.17) is 9.84 Å². The molecule has 2 rings (SSSR count). The molecule has 2 N–H and O–H groups in total. The van der Waals surface area contributed by atoms with Gasteiger partial charge in [-0.25, -0.2) is 0 Å². The van der Waals surface area contributed by atoms with Crippen molar-refractivity contribution in [2.75, 3.05) is 7.11 Å². The Balaban J connectivity index is 1.93. The number of aryl methyl sites for hydroxylation is 1. The lowest BCUT2D eigenvalue weighted by atomic mass is 10.1. The highest BCUT2D eigenvalue weighted by Gasteiger charge is 2.30. The Morgan fingerprint density at radius 3 is 2.76 bits per heavy atom. The molecule has 1 fully saturated rings. The summed E-state index contributed by atoms with van der Waals surface area (Å²) in [7, 11) is 1.58. The normalized spacial score (nSPS) is 21.0. The van der Waals surface area contributed by atoms with Crippen LogP contribution >= 0.6 is 0 Å². The molecule has 21 heavy (non-hydrogen) atoms. The van der Waals surface area contributed by atoms with Gasteiger partial charge in [0.15, 0.2) is 0 Å². The van der Waals surface area contributed by atoms with E-state index >= 15 is 0 Å². The summed E-state index contributed by atoms with van der Waals surface area (Å²) in [6.45, 7) is 1.97. The minimum atomic E-state index is -0.771. The van der Waals surface area contributed by atoms with Crippen LogP contribution in [0.2, 0.25) is 0 Å². The van der Waals surface area contributed by atoms with Gasteiger partial charge in [0.1, 0.15) is 5.75 Å². The predicted molar refractivity (Wildman–Crippen MR) is 78.3 cm³/mol. The average molecular weight is 291 g/mol. The SMILES string of the molecule is COc1ccc(C)cc1CC(=O)NC1CCC(C(=O)O)C1. The topological polar surface area (TPSA) is 75.6 Å². The number of hydrogen-bond donors (Lipinski definition) is 2. The fourth-order valence-corrected chi connectivity index (χ4v) is 2.83. The van der Waals surface area contributed by atoms with Crippen LogP contribution in [0.3, 0.4) is 0 Å². The van der Waals surface area contributed by atoms with Crippen LogP contribution < -0.4 is 10.1 Å². The van der Waals surface area contributed by atoms with Crippen molar-refractivity contribution in [1.82, 2.24) is 5.32 Å². The molecule has 0 saturated heterocycles. The summed E-state index contributed by atoms with van der Waals surface area (Å²) >= 11 is 0. The van der Waals surface area contributed by atoms with Crippen LogP contribution in [0.5, 0.6) is 5.75 Å². The maximum atomic E-state index is 12.1. The molecule has 1 aliphatic carbocycles. The average Bonchev–Trinajstić information content (AvgIpc) is 2.87. The second kappa shape index (κ2) is 6.61. The molecule has 0 spiro atoms. The first kappa shape index (κ1) is 15.4. The first-order valence-corrected chi connectivity index (χ1v) is 7.15. The van der Waals surface area contributed by atoms with Gasteiger partial charge in [-0.3, -0.25) is 9.59 Å². The van der Waals surface area contributed by atoms with E-state index in [9.17, 15) is 9.59 Å². The third-order valence-corrected chi connectivity index (χ3v) is 3.93. The number of carboxylic acids is 1. The molecule has 2 atom stereocenters. The van der Waals surface area contributed by atoms with E-state index < -0.39 is 5.97 Å². The number of methoxy groups -OCH3 is 1. The molecule has 1 aliphatic rings. The van der Waals surface area contributed by atoms with Gasteiger partial charge in [-0.2, -0.15) is 0 Å². The van der Waals surface area contributed by atoms with Gasteiger partial charge in [-0.15, -0.1) is 0 Å². The summed E-state index contributed by atoms with van der Waals surface area (Å²) in [4.78, 5) is 23.0. The van der Waals surface area contributed by atoms with Crippen LogP contribution in [-0.2, 0) is 16.0 Å². The number of carbonyl (C=O) groups is 2. The third-order valence-electron chi connectivity index (χ3n) is 3.93. The van der Waals surface area contributed by atoms with Crippen LogP contribution in [0.1, 0.15) is 30.4 Å². The lowest BCUT2D eigenvalue weighted by Crippen LogP contribution is -2.34. The van der Waals surface area contributed by atoms with Crippen molar-refractivity contribution in [1.29, 1.82) is 0 Å². The van der Waals surface area contributed by atoms with E-state index in [2.05, 4.69) is 5.32 Å². The molecule has 2 unspecified atom stereocenters. The Bertz CT molecular complexity index is 541. The summed E-state index contributed by atoms with van der Waals surface area (Å²) in [5, 5.41) is 11.9. The molecule has 5 heteroatoms. The third kappa shape index (κ3) is 3.97. The van der Waals surface area contributed by atoms with Gasteiger partial charge in [0.05, 0.1) is 19.4 Å². The highest BCUT2D eigenvalue weighted by atomic mass is 16.5. The van der Waals surface area contributed by atoms with Crippen molar-refractivity contribution >= 4 is 11.9 Å². The molecular formula is C16H21NO4. The van der Waals surface area contributed by atoms with Gasteiger partial charge in [0.25, 0.3) is 0 Å². The number of aliphatic carboxylic acids is 1. The quantitative estimate of drug-likeness (QED) is 0.869. The minimum absolute atomic E-state index is 0.0330. The van der Waals surface area contributed by atoms with E-state index in [1.54, 1.807) is 7.11 Å². The Morgan fingerprint density at radius 2 is 2.14 bits per heavy atom. The second-order valence-electron chi connectivity index (χ2n) is 5.60.